The van der Waals surface area contributed by atoms with E-state index in [0.717, 1.165) is 0 Å². The number of sulfonamides is 1. The molecule has 12 heteroatoms. The number of nitrogens with one attached hydrogen (secondary N) is 2. The van der Waals surface area contributed by atoms with E-state index in [1.54, 1.807) is 18.2 Å². The van der Waals surface area contributed by atoms with Crippen molar-refractivity contribution in [2.75, 3.05) is 18.7 Å². The summed E-state index contributed by atoms with van der Waals surface area (Å²) in [6.45, 7) is 0.129. The summed E-state index contributed by atoms with van der Waals surface area (Å²) in [5.74, 6) is -0.0527. The van der Waals surface area contributed by atoms with Crippen molar-refractivity contribution >= 4 is 21.4 Å². The lowest BCUT2D eigenvalue weighted by Crippen LogP contribution is -2.39. The molecule has 3 aromatic rings. The van der Waals surface area contributed by atoms with Gasteiger partial charge >= 0.3 is 0 Å². The van der Waals surface area contributed by atoms with E-state index < -0.39 is 15.8 Å². The topological polar surface area (TPSA) is 136 Å². The molecule has 0 fully saturated rings. The number of nitrogens with zero attached hydrogens (tertiary/aromatic N) is 3. The van der Waals surface area contributed by atoms with Gasteiger partial charge in [0, 0.05) is 12.7 Å². The van der Waals surface area contributed by atoms with E-state index in [1.807, 2.05) is 0 Å². The molecule has 4 rings (SSSR count). The number of nitrogens with two attached hydrogens (primary N) is 1. The first-order valence-corrected chi connectivity index (χ1v) is 10.2. The lowest BCUT2D eigenvalue weighted by Gasteiger charge is -2.20. The normalized spacial score (nSPS) is 14.3. The average molecular weight is 432 g/mol. The van der Waals surface area contributed by atoms with Gasteiger partial charge in [0.05, 0.1) is 22.9 Å². The van der Waals surface area contributed by atoms with Crippen molar-refractivity contribution in [1.29, 1.82) is 0 Å². The summed E-state index contributed by atoms with van der Waals surface area (Å²) in [6, 6.07) is 12.0. The van der Waals surface area contributed by atoms with Gasteiger partial charge in [-0.15, -0.1) is 5.53 Å². The van der Waals surface area contributed by atoms with Gasteiger partial charge in [-0.25, -0.2) is 17.9 Å². The van der Waals surface area contributed by atoms with Crippen LogP contribution in [-0.2, 0) is 14.8 Å². The van der Waals surface area contributed by atoms with E-state index in [9.17, 15) is 12.8 Å². The second kappa shape index (κ2) is 7.84. The SMILES string of the molecule is COCC1=C(c2nc(-c3ccc(S(N)(=O)=O)cc3)no2)NNN1c1ccccc1F. The Kier molecular flexibility index (Phi) is 5.22. The summed E-state index contributed by atoms with van der Waals surface area (Å²) < 4.78 is 47.6. The number of ether oxygens (including phenoxy) is 1. The number of methoxy groups -OCH3 is 1. The fraction of sp³-hybridized carbons (Fsp3) is 0.111. The van der Waals surface area contributed by atoms with Crippen LogP contribution in [0.15, 0.2) is 63.6 Å². The largest absolute Gasteiger partial charge is 0.378 e. The molecule has 0 amide bonds. The maximum absolute atomic E-state index is 14.3. The van der Waals surface area contributed by atoms with E-state index in [0.29, 0.717) is 17.0 Å². The predicted molar refractivity (Wildman–Crippen MR) is 105 cm³/mol. The molecule has 0 unspecified atom stereocenters. The number of halogens is 1. The van der Waals surface area contributed by atoms with Gasteiger partial charge in [0.15, 0.2) is 0 Å². The predicted octanol–water partition coefficient (Wildman–Crippen LogP) is 1.37. The summed E-state index contributed by atoms with van der Waals surface area (Å²) in [4.78, 5) is 4.32. The second-order valence-corrected chi connectivity index (χ2v) is 7.83. The van der Waals surface area contributed by atoms with Crippen LogP contribution < -0.4 is 21.1 Å². The number of aromatic nitrogens is 2. The Balaban J connectivity index is 1.68. The quantitative estimate of drug-likeness (QED) is 0.527. The minimum Gasteiger partial charge on any atom is -0.378 e. The molecule has 2 heterocycles. The van der Waals surface area contributed by atoms with Crippen LogP contribution in [0.25, 0.3) is 17.1 Å². The number of primary sulfonamides is 1. The molecule has 1 aliphatic heterocycles. The molecule has 0 spiro atoms. The molecule has 0 saturated heterocycles. The first kappa shape index (κ1) is 20.0. The zero-order valence-electron chi connectivity index (χ0n) is 15.7. The van der Waals surface area contributed by atoms with Crippen molar-refractivity contribution in [3.8, 4) is 11.4 Å². The summed E-state index contributed by atoms with van der Waals surface area (Å²) in [6.07, 6.45) is 0. The molecular weight excluding hydrogens is 415 g/mol. The molecule has 1 aliphatic rings. The molecule has 0 radical (unpaired) electrons. The van der Waals surface area contributed by atoms with Crippen LogP contribution in [-0.4, -0.2) is 32.3 Å². The van der Waals surface area contributed by atoms with E-state index in [-0.39, 0.29) is 28.9 Å². The lowest BCUT2D eigenvalue weighted by molar-refractivity contribution is 0.223. The van der Waals surface area contributed by atoms with Crippen molar-refractivity contribution in [1.82, 2.24) is 21.1 Å². The minimum absolute atomic E-state index is 0.0257. The van der Waals surface area contributed by atoms with Gasteiger partial charge in [0.1, 0.15) is 11.5 Å². The highest BCUT2D eigenvalue weighted by atomic mass is 32.2. The van der Waals surface area contributed by atoms with E-state index in [1.165, 1.54) is 42.5 Å². The molecular formula is C18H17FN6O4S. The molecule has 4 N–H and O–H groups in total. The number of hydrazine groups is 2. The summed E-state index contributed by atoms with van der Waals surface area (Å²) >= 11 is 0. The zero-order valence-corrected chi connectivity index (χ0v) is 16.5. The van der Waals surface area contributed by atoms with Gasteiger partial charge in [-0.2, -0.15) is 4.98 Å². The Labute approximate surface area is 171 Å². The lowest BCUT2D eigenvalue weighted by atomic mass is 10.2. The number of para-hydroxylation sites is 1. The van der Waals surface area contributed by atoms with Crippen LogP contribution in [0.2, 0.25) is 0 Å². The molecule has 0 bridgehead atoms. The van der Waals surface area contributed by atoms with Crippen LogP contribution in [0.3, 0.4) is 0 Å². The molecule has 10 nitrogen and oxygen atoms in total. The Morgan fingerprint density at radius 3 is 2.60 bits per heavy atom. The second-order valence-electron chi connectivity index (χ2n) is 6.27. The van der Waals surface area contributed by atoms with Gasteiger partial charge in [0.2, 0.25) is 15.8 Å². The van der Waals surface area contributed by atoms with Gasteiger partial charge in [-0.05, 0) is 36.4 Å². The average Bonchev–Trinajstić information content (AvgIpc) is 3.35. The summed E-state index contributed by atoms with van der Waals surface area (Å²) in [7, 11) is -2.29. The summed E-state index contributed by atoms with van der Waals surface area (Å²) in [5, 5.41) is 10.5. The van der Waals surface area contributed by atoms with Crippen molar-refractivity contribution in [3.05, 3.63) is 65.9 Å². The van der Waals surface area contributed by atoms with Crippen LogP contribution >= 0.6 is 0 Å². The molecule has 0 atom stereocenters. The number of benzene rings is 2. The molecule has 0 aliphatic carbocycles. The van der Waals surface area contributed by atoms with Crippen LogP contribution in [0.1, 0.15) is 5.89 Å². The molecule has 30 heavy (non-hydrogen) atoms. The maximum atomic E-state index is 14.3. The van der Waals surface area contributed by atoms with Gasteiger partial charge < -0.3 is 9.26 Å². The number of hydrogen-bond donors (Lipinski definition) is 3. The highest BCUT2D eigenvalue weighted by Gasteiger charge is 2.29. The fourth-order valence-electron chi connectivity index (χ4n) is 2.89. The smallest absolute Gasteiger partial charge is 0.277 e. The van der Waals surface area contributed by atoms with Gasteiger partial charge in [-0.3, -0.25) is 10.4 Å². The van der Waals surface area contributed by atoms with Gasteiger partial charge in [-0.1, -0.05) is 17.3 Å². The third kappa shape index (κ3) is 3.76. The number of hydrogen-bond acceptors (Lipinski definition) is 9. The van der Waals surface area contributed by atoms with Crippen LogP contribution in [0, 0.1) is 5.82 Å². The third-order valence-corrected chi connectivity index (χ3v) is 5.24. The van der Waals surface area contributed by atoms with Crippen molar-refractivity contribution in [2.24, 2.45) is 5.14 Å². The van der Waals surface area contributed by atoms with Crippen LogP contribution in [0.5, 0.6) is 0 Å². The van der Waals surface area contributed by atoms with Crippen molar-refractivity contribution in [2.45, 2.75) is 4.90 Å². The monoisotopic (exact) mass is 432 g/mol. The third-order valence-electron chi connectivity index (χ3n) is 4.31. The molecule has 2 aromatic carbocycles. The van der Waals surface area contributed by atoms with Crippen LogP contribution in [0.4, 0.5) is 10.1 Å². The van der Waals surface area contributed by atoms with E-state index in [2.05, 4.69) is 21.1 Å². The van der Waals surface area contributed by atoms with E-state index >= 15 is 0 Å². The first-order valence-electron chi connectivity index (χ1n) is 8.64. The highest BCUT2D eigenvalue weighted by molar-refractivity contribution is 7.89. The fourth-order valence-corrected chi connectivity index (χ4v) is 3.40. The number of rotatable bonds is 6. The minimum atomic E-state index is -3.80. The standard InChI is InChI=1S/C18H17FN6O4S/c1-28-10-15-16(22-24-25(15)14-5-3-2-4-13(14)19)18-21-17(23-29-18)11-6-8-12(9-7-11)30(20,26)27/h2-9,22,24H,10H2,1H3,(H2,20,26,27). The first-order chi connectivity index (χ1) is 14.4. The Hall–Kier alpha value is -3.32. The Morgan fingerprint density at radius 1 is 1.20 bits per heavy atom. The van der Waals surface area contributed by atoms with Gasteiger partial charge in [0.25, 0.3) is 5.89 Å². The van der Waals surface area contributed by atoms with Crippen molar-refractivity contribution in [3.63, 3.8) is 0 Å². The van der Waals surface area contributed by atoms with Crippen molar-refractivity contribution < 1.29 is 22.1 Å². The zero-order chi connectivity index (χ0) is 21.3. The number of anilines is 1. The Bertz CT molecular complexity index is 1210. The molecule has 156 valence electrons. The molecule has 0 saturated carbocycles. The molecule has 1 aromatic heterocycles. The summed E-state index contributed by atoms with van der Waals surface area (Å²) in [5.41, 5.74) is 7.51. The maximum Gasteiger partial charge on any atom is 0.277 e. The van der Waals surface area contributed by atoms with E-state index in [4.69, 9.17) is 14.4 Å². The highest BCUT2D eigenvalue weighted by Crippen LogP contribution is 2.29. The Morgan fingerprint density at radius 2 is 1.93 bits per heavy atom.